The van der Waals surface area contributed by atoms with Gasteiger partial charge in [-0.15, -0.1) is 5.10 Å². The molecule has 0 unspecified atom stereocenters. The molecule has 4 N–H and O–H groups in total. The van der Waals surface area contributed by atoms with Crippen LogP contribution in [0.4, 0.5) is 13.2 Å². The molecule has 1 fully saturated rings. The summed E-state index contributed by atoms with van der Waals surface area (Å²) >= 11 is 0. The summed E-state index contributed by atoms with van der Waals surface area (Å²) < 4.78 is 52.6. The van der Waals surface area contributed by atoms with Crippen molar-refractivity contribution >= 4 is 0 Å². The maximum absolute atomic E-state index is 13.2. The summed E-state index contributed by atoms with van der Waals surface area (Å²) in [7, 11) is 0. The van der Waals surface area contributed by atoms with E-state index >= 15 is 0 Å². The van der Waals surface area contributed by atoms with Crippen molar-refractivity contribution in [3.63, 3.8) is 0 Å². The first-order chi connectivity index (χ1) is 17.5. The molecule has 5 atom stereocenters. The summed E-state index contributed by atoms with van der Waals surface area (Å²) in [6.07, 6.45) is -11.7. The SMILES string of the molecule is CC(C)n1nc(O[C@@H]2O[C@H](CO)[C@@H](O)[C@H](O)[C@H]2O)c(Cc2ccccc2)c1-c1ccc(C(F)(F)F)cc1. The molecule has 0 spiro atoms. The fraction of sp³-hybridized carbons (Fsp3) is 0.423. The van der Waals surface area contributed by atoms with Crippen molar-refractivity contribution in [2.45, 2.75) is 63.2 Å². The second kappa shape index (κ2) is 10.8. The van der Waals surface area contributed by atoms with Gasteiger partial charge in [0.2, 0.25) is 12.2 Å². The highest BCUT2D eigenvalue weighted by molar-refractivity contribution is 5.67. The molecule has 1 saturated heterocycles. The zero-order valence-electron chi connectivity index (χ0n) is 20.2. The van der Waals surface area contributed by atoms with E-state index in [2.05, 4.69) is 5.10 Å². The fourth-order valence-electron chi connectivity index (χ4n) is 4.27. The third-order valence-electron chi connectivity index (χ3n) is 6.25. The van der Waals surface area contributed by atoms with E-state index in [9.17, 15) is 33.6 Å². The molecule has 2 heterocycles. The minimum absolute atomic E-state index is 0.0387. The Morgan fingerprint density at radius 3 is 2.19 bits per heavy atom. The van der Waals surface area contributed by atoms with E-state index < -0.39 is 49.1 Å². The smallest absolute Gasteiger partial charge is 0.416 e. The van der Waals surface area contributed by atoms with Crippen LogP contribution >= 0.6 is 0 Å². The lowest BCUT2D eigenvalue weighted by molar-refractivity contribution is -0.278. The lowest BCUT2D eigenvalue weighted by Crippen LogP contribution is -2.60. The number of hydrogen-bond acceptors (Lipinski definition) is 7. The predicted molar refractivity (Wildman–Crippen MR) is 127 cm³/mol. The molecule has 0 radical (unpaired) electrons. The third kappa shape index (κ3) is 5.65. The molecular weight excluding hydrogens is 493 g/mol. The summed E-state index contributed by atoms with van der Waals surface area (Å²) in [4.78, 5) is 0. The largest absolute Gasteiger partial charge is 0.443 e. The minimum atomic E-state index is -4.49. The van der Waals surface area contributed by atoms with Crippen molar-refractivity contribution in [3.05, 3.63) is 71.3 Å². The van der Waals surface area contributed by atoms with Crippen LogP contribution in [-0.2, 0) is 17.3 Å². The molecule has 0 saturated carbocycles. The van der Waals surface area contributed by atoms with Crippen LogP contribution < -0.4 is 4.74 Å². The molecule has 4 rings (SSSR count). The molecule has 1 aliphatic heterocycles. The van der Waals surface area contributed by atoms with Crippen LogP contribution in [0.1, 0.15) is 36.6 Å². The fourth-order valence-corrected chi connectivity index (χ4v) is 4.27. The first-order valence-electron chi connectivity index (χ1n) is 11.8. The number of rotatable bonds is 7. The van der Waals surface area contributed by atoms with Crippen LogP contribution in [0.2, 0.25) is 0 Å². The summed E-state index contributed by atoms with van der Waals surface area (Å²) in [6.45, 7) is 3.08. The Balaban J connectivity index is 1.81. The van der Waals surface area contributed by atoms with Crippen LogP contribution in [0.25, 0.3) is 11.3 Å². The molecule has 1 aliphatic rings. The molecule has 8 nitrogen and oxygen atoms in total. The minimum Gasteiger partial charge on any atom is -0.443 e. The van der Waals surface area contributed by atoms with E-state index in [1.54, 1.807) is 4.68 Å². The molecule has 1 aromatic heterocycles. The number of aliphatic hydroxyl groups is 4. The second-order valence-electron chi connectivity index (χ2n) is 9.22. The number of halogens is 3. The normalized spacial score (nSPS) is 24.4. The summed E-state index contributed by atoms with van der Waals surface area (Å²) in [5.74, 6) is 0.0387. The third-order valence-corrected chi connectivity index (χ3v) is 6.25. The Bertz CT molecular complexity index is 1180. The van der Waals surface area contributed by atoms with Gasteiger partial charge >= 0.3 is 6.18 Å². The molecule has 11 heteroatoms. The lowest BCUT2D eigenvalue weighted by Gasteiger charge is -2.39. The highest BCUT2D eigenvalue weighted by Gasteiger charge is 2.45. The maximum Gasteiger partial charge on any atom is 0.416 e. The Kier molecular flexibility index (Phi) is 7.91. The number of ether oxygens (including phenoxy) is 2. The van der Waals surface area contributed by atoms with Crippen molar-refractivity contribution in [1.29, 1.82) is 0 Å². The summed E-state index contributed by atoms with van der Waals surface area (Å²) in [5, 5.41) is 44.8. The zero-order chi connectivity index (χ0) is 26.9. The molecular formula is C26H29F3N2O6. The first kappa shape index (κ1) is 27.1. The number of benzene rings is 2. The van der Waals surface area contributed by atoms with E-state index in [-0.39, 0.29) is 18.3 Å². The molecule has 0 aliphatic carbocycles. The van der Waals surface area contributed by atoms with Crippen molar-refractivity contribution in [3.8, 4) is 17.1 Å². The van der Waals surface area contributed by atoms with Gasteiger partial charge in [0.05, 0.1) is 17.9 Å². The van der Waals surface area contributed by atoms with Gasteiger partial charge in [0.25, 0.3) is 0 Å². The van der Waals surface area contributed by atoms with Crippen LogP contribution in [0.5, 0.6) is 5.88 Å². The standard InChI is InChI=1S/C26H29F3N2O6/c1-14(2)31-20(16-8-10-17(11-9-16)26(27,28)29)18(12-15-6-4-3-5-7-15)24(30-31)37-25-23(35)22(34)21(33)19(13-32)36-25/h3-11,14,19,21-23,25,32-35H,12-13H2,1-2H3/t19-,21-,22+,23-,25+/m1/s1. The van der Waals surface area contributed by atoms with Crippen molar-refractivity contribution < 1.29 is 43.1 Å². The van der Waals surface area contributed by atoms with E-state index in [0.29, 0.717) is 16.8 Å². The Morgan fingerprint density at radius 1 is 0.973 bits per heavy atom. The number of nitrogens with zero attached hydrogens (tertiary/aromatic N) is 2. The highest BCUT2D eigenvalue weighted by atomic mass is 19.4. The maximum atomic E-state index is 13.2. The van der Waals surface area contributed by atoms with Crippen LogP contribution in [0.15, 0.2) is 54.6 Å². The summed E-state index contributed by atoms with van der Waals surface area (Å²) in [6, 6.07) is 13.8. The second-order valence-corrected chi connectivity index (χ2v) is 9.22. The number of alkyl halides is 3. The molecule has 0 amide bonds. The van der Waals surface area contributed by atoms with E-state index in [4.69, 9.17) is 9.47 Å². The van der Waals surface area contributed by atoms with Gasteiger partial charge in [0.15, 0.2) is 0 Å². The first-order valence-corrected chi connectivity index (χ1v) is 11.8. The average Bonchev–Trinajstić information content (AvgIpc) is 3.22. The Morgan fingerprint density at radius 2 is 1.62 bits per heavy atom. The quantitative estimate of drug-likeness (QED) is 0.377. The Hall–Kier alpha value is -2.96. The van der Waals surface area contributed by atoms with Gasteiger partial charge in [-0.3, -0.25) is 4.68 Å². The summed E-state index contributed by atoms with van der Waals surface area (Å²) in [5.41, 5.74) is 1.61. The molecule has 37 heavy (non-hydrogen) atoms. The average molecular weight is 523 g/mol. The zero-order valence-corrected chi connectivity index (χ0v) is 20.2. The van der Waals surface area contributed by atoms with Gasteiger partial charge in [0, 0.05) is 23.6 Å². The lowest BCUT2D eigenvalue weighted by atomic mass is 9.98. The van der Waals surface area contributed by atoms with Gasteiger partial charge in [-0.2, -0.15) is 13.2 Å². The van der Waals surface area contributed by atoms with Gasteiger partial charge in [0.1, 0.15) is 24.4 Å². The van der Waals surface area contributed by atoms with E-state index in [0.717, 1.165) is 17.7 Å². The topological polar surface area (TPSA) is 117 Å². The Labute approximate surface area is 211 Å². The number of aromatic nitrogens is 2. The highest BCUT2D eigenvalue weighted by Crippen LogP contribution is 2.38. The number of aliphatic hydroxyl groups excluding tert-OH is 4. The molecule has 3 aromatic rings. The monoisotopic (exact) mass is 522 g/mol. The molecule has 0 bridgehead atoms. The van der Waals surface area contributed by atoms with Crippen LogP contribution in [0, 0.1) is 0 Å². The number of hydrogen-bond donors (Lipinski definition) is 4. The molecule has 2 aromatic carbocycles. The van der Waals surface area contributed by atoms with Crippen molar-refractivity contribution in [1.82, 2.24) is 9.78 Å². The van der Waals surface area contributed by atoms with Crippen LogP contribution in [-0.4, -0.2) is 67.5 Å². The van der Waals surface area contributed by atoms with Gasteiger partial charge < -0.3 is 29.9 Å². The van der Waals surface area contributed by atoms with Gasteiger partial charge in [-0.1, -0.05) is 42.5 Å². The molecule has 200 valence electrons. The van der Waals surface area contributed by atoms with E-state index in [1.807, 2.05) is 44.2 Å². The van der Waals surface area contributed by atoms with E-state index in [1.165, 1.54) is 12.1 Å². The van der Waals surface area contributed by atoms with Crippen molar-refractivity contribution in [2.24, 2.45) is 0 Å². The van der Waals surface area contributed by atoms with Gasteiger partial charge in [-0.25, -0.2) is 0 Å². The van der Waals surface area contributed by atoms with Gasteiger partial charge in [-0.05, 0) is 31.5 Å². The predicted octanol–water partition coefficient (Wildman–Crippen LogP) is 2.92. The van der Waals surface area contributed by atoms with Crippen molar-refractivity contribution in [2.75, 3.05) is 6.61 Å². The van der Waals surface area contributed by atoms with Crippen LogP contribution in [0.3, 0.4) is 0 Å².